The molecule has 4 nitrogen and oxygen atoms in total. The molecule has 1 aromatic rings. The van der Waals surface area contributed by atoms with Gasteiger partial charge in [-0.2, -0.15) is 0 Å². The minimum absolute atomic E-state index is 0.117. The van der Waals surface area contributed by atoms with Crippen molar-refractivity contribution < 1.29 is 4.79 Å². The molecule has 0 atom stereocenters. The summed E-state index contributed by atoms with van der Waals surface area (Å²) < 4.78 is 0. The van der Waals surface area contributed by atoms with E-state index in [9.17, 15) is 4.79 Å². The van der Waals surface area contributed by atoms with Gasteiger partial charge in [0.1, 0.15) is 5.69 Å². The molecule has 1 N–H and O–H groups in total. The summed E-state index contributed by atoms with van der Waals surface area (Å²) in [5.41, 5.74) is 0.644. The Morgan fingerprint density at radius 2 is 2.09 bits per heavy atom. The fourth-order valence-electron chi connectivity index (χ4n) is 2.96. The van der Waals surface area contributed by atoms with Crippen molar-refractivity contribution in [2.24, 2.45) is 11.8 Å². The largest absolute Gasteiger partial charge is 0.337 e. The quantitative estimate of drug-likeness (QED) is 0.876. The van der Waals surface area contributed by atoms with Crippen LogP contribution in [0.4, 0.5) is 0 Å². The van der Waals surface area contributed by atoms with Crippen LogP contribution in [0.15, 0.2) is 5.38 Å². The van der Waals surface area contributed by atoms with Gasteiger partial charge in [0.05, 0.1) is 5.01 Å². The minimum Gasteiger partial charge on any atom is -0.337 e. The lowest BCUT2D eigenvalue weighted by molar-refractivity contribution is 0.0699. The number of aromatic nitrogens is 1. The lowest BCUT2D eigenvalue weighted by atomic mass is 10.0. The van der Waals surface area contributed by atoms with Crippen LogP contribution in [0.25, 0.3) is 0 Å². The number of nitrogens with zero attached hydrogens (tertiary/aromatic N) is 2. The van der Waals surface area contributed by atoms with Gasteiger partial charge in [0, 0.05) is 30.9 Å². The van der Waals surface area contributed by atoms with E-state index in [0.29, 0.717) is 17.7 Å². The first-order valence-corrected chi connectivity index (χ1v) is 9.47. The predicted octanol–water partition coefficient (Wildman–Crippen LogP) is 2.95. The van der Waals surface area contributed by atoms with Crippen LogP contribution in [-0.4, -0.2) is 41.5 Å². The second kappa shape index (κ2) is 7.09. The Hall–Kier alpha value is -0.940. The Morgan fingerprint density at radius 3 is 2.73 bits per heavy atom. The van der Waals surface area contributed by atoms with Crippen LogP contribution in [-0.2, 0) is 6.42 Å². The van der Waals surface area contributed by atoms with Crippen molar-refractivity contribution in [1.29, 1.82) is 0 Å². The first-order chi connectivity index (χ1) is 10.6. The summed E-state index contributed by atoms with van der Waals surface area (Å²) in [5.74, 6) is 1.63. The molecule has 1 saturated heterocycles. The molecule has 0 aromatic carbocycles. The molecule has 3 rings (SSSR count). The third-order valence-electron chi connectivity index (χ3n) is 4.53. The highest BCUT2D eigenvalue weighted by Gasteiger charge is 2.27. The number of likely N-dealkylation sites (tertiary alicyclic amines) is 1. The molecule has 5 heteroatoms. The lowest BCUT2D eigenvalue weighted by Crippen LogP contribution is -2.45. The van der Waals surface area contributed by atoms with E-state index >= 15 is 0 Å². The molecule has 0 spiro atoms. The molecule has 122 valence electrons. The molecule has 2 aliphatic rings. The van der Waals surface area contributed by atoms with E-state index in [4.69, 9.17) is 0 Å². The Bertz CT molecular complexity index is 502. The summed E-state index contributed by atoms with van der Waals surface area (Å²) in [5, 5.41) is 6.67. The highest BCUT2D eigenvalue weighted by molar-refractivity contribution is 7.09. The number of piperidine rings is 1. The van der Waals surface area contributed by atoms with E-state index < -0.39 is 0 Å². The van der Waals surface area contributed by atoms with Gasteiger partial charge in [-0.15, -0.1) is 11.3 Å². The van der Waals surface area contributed by atoms with Crippen molar-refractivity contribution in [1.82, 2.24) is 15.2 Å². The first kappa shape index (κ1) is 15.9. The Morgan fingerprint density at radius 1 is 1.36 bits per heavy atom. The minimum atomic E-state index is 0.117. The molecule has 1 aliphatic heterocycles. The number of carbonyl (C=O) groups is 1. The van der Waals surface area contributed by atoms with Gasteiger partial charge >= 0.3 is 0 Å². The van der Waals surface area contributed by atoms with Gasteiger partial charge in [-0.3, -0.25) is 4.79 Å². The van der Waals surface area contributed by atoms with Gasteiger partial charge in [-0.05, 0) is 44.1 Å². The normalized spacial score (nSPS) is 19.9. The number of amides is 1. The third kappa shape index (κ3) is 4.29. The zero-order valence-corrected chi connectivity index (χ0v) is 14.5. The first-order valence-electron chi connectivity index (χ1n) is 8.59. The summed E-state index contributed by atoms with van der Waals surface area (Å²) >= 11 is 1.62. The number of carbonyl (C=O) groups excluding carboxylic acids is 1. The average molecular weight is 321 g/mol. The highest BCUT2D eigenvalue weighted by Crippen LogP contribution is 2.28. The number of hydrogen-bond acceptors (Lipinski definition) is 4. The van der Waals surface area contributed by atoms with E-state index in [1.165, 1.54) is 19.4 Å². The zero-order valence-electron chi connectivity index (χ0n) is 13.7. The van der Waals surface area contributed by atoms with Crippen molar-refractivity contribution in [2.45, 2.75) is 52.0 Å². The second-order valence-corrected chi connectivity index (χ2v) is 8.09. The van der Waals surface area contributed by atoms with E-state index in [1.54, 1.807) is 11.3 Å². The zero-order chi connectivity index (χ0) is 15.5. The van der Waals surface area contributed by atoms with Crippen molar-refractivity contribution in [2.75, 3.05) is 19.6 Å². The molecule has 1 aromatic heterocycles. The molecule has 0 radical (unpaired) electrons. The fourth-order valence-corrected chi connectivity index (χ4v) is 3.94. The van der Waals surface area contributed by atoms with Crippen LogP contribution in [0.2, 0.25) is 0 Å². The molecule has 0 bridgehead atoms. The average Bonchev–Trinajstić information content (AvgIpc) is 3.23. The predicted molar refractivity (Wildman–Crippen MR) is 90.3 cm³/mol. The topological polar surface area (TPSA) is 45.2 Å². The van der Waals surface area contributed by atoms with Crippen LogP contribution in [0, 0.1) is 11.8 Å². The molecular formula is C17H27N3OS. The van der Waals surface area contributed by atoms with Crippen LogP contribution in [0.3, 0.4) is 0 Å². The van der Waals surface area contributed by atoms with Crippen molar-refractivity contribution in [3.63, 3.8) is 0 Å². The summed E-state index contributed by atoms with van der Waals surface area (Å²) in [6.07, 6.45) is 5.90. The highest BCUT2D eigenvalue weighted by atomic mass is 32.1. The Balaban J connectivity index is 1.47. The fraction of sp³-hybridized carbons (Fsp3) is 0.765. The number of rotatable bonds is 6. The summed E-state index contributed by atoms with van der Waals surface area (Å²) in [6.45, 7) is 7.25. The van der Waals surface area contributed by atoms with Gasteiger partial charge in [0.25, 0.3) is 5.91 Å². The van der Waals surface area contributed by atoms with Crippen molar-refractivity contribution in [3.05, 3.63) is 16.1 Å². The summed E-state index contributed by atoms with van der Waals surface area (Å²) in [6, 6.07) is 0.594. The summed E-state index contributed by atoms with van der Waals surface area (Å²) in [4.78, 5) is 19.0. The maximum Gasteiger partial charge on any atom is 0.273 e. The molecule has 1 amide bonds. The Labute approximate surface area is 137 Å². The summed E-state index contributed by atoms with van der Waals surface area (Å²) in [7, 11) is 0. The van der Waals surface area contributed by atoms with Gasteiger partial charge in [-0.25, -0.2) is 4.98 Å². The lowest BCUT2D eigenvalue weighted by Gasteiger charge is -2.32. The van der Waals surface area contributed by atoms with E-state index in [2.05, 4.69) is 24.1 Å². The van der Waals surface area contributed by atoms with Crippen LogP contribution < -0.4 is 5.32 Å². The maximum atomic E-state index is 12.5. The third-order valence-corrected chi connectivity index (χ3v) is 5.40. The molecule has 22 heavy (non-hydrogen) atoms. The molecule has 1 saturated carbocycles. The molecule has 1 aliphatic carbocycles. The Kier molecular flexibility index (Phi) is 5.14. The van der Waals surface area contributed by atoms with E-state index in [-0.39, 0.29) is 5.91 Å². The van der Waals surface area contributed by atoms with Crippen molar-refractivity contribution >= 4 is 17.2 Å². The van der Waals surface area contributed by atoms with Crippen LogP contribution in [0.5, 0.6) is 0 Å². The second-order valence-electron chi connectivity index (χ2n) is 7.14. The number of hydrogen-bond donors (Lipinski definition) is 1. The smallest absolute Gasteiger partial charge is 0.273 e. The van der Waals surface area contributed by atoms with E-state index in [0.717, 1.165) is 43.3 Å². The maximum absolute atomic E-state index is 12.5. The molecule has 0 unspecified atom stereocenters. The monoisotopic (exact) mass is 321 g/mol. The van der Waals surface area contributed by atoms with Crippen LogP contribution >= 0.6 is 11.3 Å². The number of nitrogens with one attached hydrogen (secondary N) is 1. The molecule has 2 heterocycles. The number of thiazole rings is 1. The van der Waals surface area contributed by atoms with Gasteiger partial charge in [-0.1, -0.05) is 13.8 Å². The van der Waals surface area contributed by atoms with Gasteiger partial charge in [0.15, 0.2) is 0 Å². The van der Waals surface area contributed by atoms with Gasteiger partial charge < -0.3 is 10.2 Å². The van der Waals surface area contributed by atoms with Crippen molar-refractivity contribution in [3.8, 4) is 0 Å². The van der Waals surface area contributed by atoms with E-state index in [1.807, 2.05) is 10.3 Å². The molecule has 2 fully saturated rings. The SMILES string of the molecule is CC(C)Cc1nc(C(=O)N2CCC(NCC3CC3)CC2)cs1. The van der Waals surface area contributed by atoms with Crippen LogP contribution in [0.1, 0.15) is 55.0 Å². The standard InChI is InChI=1S/C17H27N3OS/c1-12(2)9-16-19-15(11-22-16)17(21)20-7-5-14(6-8-20)18-10-13-3-4-13/h11-14,18H,3-10H2,1-2H3. The molecular weight excluding hydrogens is 294 g/mol. The van der Waals surface area contributed by atoms with Gasteiger partial charge in [0.2, 0.25) is 0 Å².